The van der Waals surface area contributed by atoms with Crippen LogP contribution >= 0.6 is 0 Å². The van der Waals surface area contributed by atoms with Crippen molar-refractivity contribution in [3.63, 3.8) is 0 Å². The third kappa shape index (κ3) is 3.17. The molecule has 0 spiro atoms. The van der Waals surface area contributed by atoms with E-state index >= 15 is 0 Å². The molecule has 0 bridgehead atoms. The molecule has 1 aliphatic rings. The summed E-state index contributed by atoms with van der Waals surface area (Å²) in [5, 5.41) is 0.465. The van der Waals surface area contributed by atoms with Crippen LogP contribution in [0.25, 0.3) is 10.9 Å². The lowest BCUT2D eigenvalue weighted by Gasteiger charge is -2.29. The lowest BCUT2D eigenvalue weighted by atomic mass is 10.1. The molecule has 1 N–H and O–H groups in total. The molecule has 1 saturated heterocycles. The standard InChI is InChI=1S/C17H23N3O4/c1-3-4-7-24-14-11-12(20-5-8-23-9-6-20)10-13-15(14)19(2)17(22)18-16(13)21/h10-11H,3-9H2,1-2H3,(H,18,21,22). The molecule has 130 valence electrons. The van der Waals surface area contributed by atoms with Gasteiger partial charge in [-0.3, -0.25) is 14.3 Å². The van der Waals surface area contributed by atoms with Crippen molar-refractivity contribution in [2.45, 2.75) is 19.8 Å². The molecule has 0 amide bonds. The van der Waals surface area contributed by atoms with Gasteiger partial charge in [-0.25, -0.2) is 4.79 Å². The van der Waals surface area contributed by atoms with Gasteiger partial charge in [0.2, 0.25) is 0 Å². The Labute approximate surface area is 139 Å². The Morgan fingerprint density at radius 1 is 1.25 bits per heavy atom. The van der Waals surface area contributed by atoms with Crippen LogP contribution in [-0.4, -0.2) is 42.5 Å². The third-order valence-corrected chi connectivity index (χ3v) is 4.30. The van der Waals surface area contributed by atoms with Gasteiger partial charge in [0.15, 0.2) is 0 Å². The summed E-state index contributed by atoms with van der Waals surface area (Å²) in [6, 6.07) is 3.74. The fraction of sp³-hybridized carbons (Fsp3) is 0.529. The van der Waals surface area contributed by atoms with Crippen LogP contribution in [0.2, 0.25) is 0 Å². The molecule has 24 heavy (non-hydrogen) atoms. The van der Waals surface area contributed by atoms with Crippen LogP contribution in [0.1, 0.15) is 19.8 Å². The molecule has 1 fully saturated rings. The van der Waals surface area contributed by atoms with Gasteiger partial charge in [0, 0.05) is 31.9 Å². The average molecular weight is 333 g/mol. The maximum Gasteiger partial charge on any atom is 0.328 e. The molecule has 2 aromatic rings. The summed E-state index contributed by atoms with van der Waals surface area (Å²) in [4.78, 5) is 28.8. The molecule has 1 aromatic heterocycles. The number of aryl methyl sites for hydroxylation is 1. The number of nitrogens with one attached hydrogen (secondary N) is 1. The average Bonchev–Trinajstić information content (AvgIpc) is 2.60. The molecular formula is C17H23N3O4. The minimum Gasteiger partial charge on any atom is -0.491 e. The Bertz CT molecular complexity index is 834. The van der Waals surface area contributed by atoms with Gasteiger partial charge in [0.25, 0.3) is 5.56 Å². The van der Waals surface area contributed by atoms with Crippen LogP contribution in [0, 0.1) is 0 Å². The number of unbranched alkanes of at least 4 members (excludes halogenated alkanes) is 1. The second-order valence-electron chi connectivity index (χ2n) is 5.96. The monoisotopic (exact) mass is 333 g/mol. The Balaban J connectivity index is 2.14. The van der Waals surface area contributed by atoms with E-state index in [1.54, 1.807) is 7.05 Å². The van der Waals surface area contributed by atoms with Crippen molar-refractivity contribution in [3.05, 3.63) is 33.0 Å². The van der Waals surface area contributed by atoms with Crippen LogP contribution < -0.4 is 20.9 Å². The minimum absolute atomic E-state index is 0.386. The van der Waals surface area contributed by atoms with E-state index in [9.17, 15) is 9.59 Å². The van der Waals surface area contributed by atoms with E-state index in [0.29, 0.717) is 36.5 Å². The Hall–Kier alpha value is -2.28. The summed E-state index contributed by atoms with van der Waals surface area (Å²) in [5.41, 5.74) is 0.633. The summed E-state index contributed by atoms with van der Waals surface area (Å²) in [5.74, 6) is 0.577. The predicted octanol–water partition coefficient (Wildman–Crippen LogP) is 1.24. The van der Waals surface area contributed by atoms with E-state index in [4.69, 9.17) is 9.47 Å². The fourth-order valence-corrected chi connectivity index (χ4v) is 2.90. The highest BCUT2D eigenvalue weighted by atomic mass is 16.5. The van der Waals surface area contributed by atoms with E-state index in [-0.39, 0.29) is 5.56 Å². The number of morpholine rings is 1. The third-order valence-electron chi connectivity index (χ3n) is 4.30. The summed E-state index contributed by atoms with van der Waals surface area (Å²) in [6.45, 7) is 5.50. The summed E-state index contributed by atoms with van der Waals surface area (Å²) >= 11 is 0. The molecular weight excluding hydrogens is 310 g/mol. The first-order valence-electron chi connectivity index (χ1n) is 8.34. The number of H-pyrrole nitrogens is 1. The smallest absolute Gasteiger partial charge is 0.328 e. The number of ether oxygens (including phenoxy) is 2. The van der Waals surface area contributed by atoms with E-state index in [2.05, 4.69) is 16.8 Å². The van der Waals surface area contributed by atoms with Crippen molar-refractivity contribution >= 4 is 16.6 Å². The normalized spacial score (nSPS) is 15.0. The van der Waals surface area contributed by atoms with Crippen molar-refractivity contribution in [3.8, 4) is 5.75 Å². The van der Waals surface area contributed by atoms with Crippen LogP contribution in [0.5, 0.6) is 5.75 Å². The van der Waals surface area contributed by atoms with Gasteiger partial charge >= 0.3 is 5.69 Å². The molecule has 0 aliphatic carbocycles. The SMILES string of the molecule is CCCCOc1cc(N2CCOCC2)cc2c(=O)[nH]c(=O)n(C)c12. The maximum absolute atomic E-state index is 12.3. The van der Waals surface area contributed by atoms with Gasteiger partial charge < -0.3 is 14.4 Å². The van der Waals surface area contributed by atoms with Crippen LogP contribution in [0.4, 0.5) is 5.69 Å². The Kier molecular flexibility index (Phi) is 4.89. The summed E-state index contributed by atoms with van der Waals surface area (Å²) in [7, 11) is 1.64. The van der Waals surface area contributed by atoms with Gasteiger partial charge in [-0.15, -0.1) is 0 Å². The highest BCUT2D eigenvalue weighted by molar-refractivity contribution is 5.88. The molecule has 0 unspecified atom stereocenters. The lowest BCUT2D eigenvalue weighted by molar-refractivity contribution is 0.122. The van der Waals surface area contributed by atoms with Crippen molar-refractivity contribution in [1.29, 1.82) is 0 Å². The molecule has 0 atom stereocenters. The van der Waals surface area contributed by atoms with Crippen LogP contribution in [-0.2, 0) is 11.8 Å². The number of aromatic amines is 1. The highest BCUT2D eigenvalue weighted by Crippen LogP contribution is 2.30. The van der Waals surface area contributed by atoms with Crippen molar-refractivity contribution in [2.24, 2.45) is 7.05 Å². The van der Waals surface area contributed by atoms with Gasteiger partial charge in [0.1, 0.15) is 11.3 Å². The van der Waals surface area contributed by atoms with Crippen molar-refractivity contribution in [2.75, 3.05) is 37.8 Å². The zero-order valence-corrected chi connectivity index (χ0v) is 14.1. The molecule has 1 aliphatic heterocycles. The number of hydrogen-bond acceptors (Lipinski definition) is 5. The first kappa shape index (κ1) is 16.6. The van der Waals surface area contributed by atoms with E-state index in [1.165, 1.54) is 4.57 Å². The van der Waals surface area contributed by atoms with E-state index in [1.807, 2.05) is 12.1 Å². The number of rotatable bonds is 5. The van der Waals surface area contributed by atoms with Gasteiger partial charge in [-0.05, 0) is 12.5 Å². The number of benzene rings is 1. The molecule has 7 heteroatoms. The van der Waals surface area contributed by atoms with Crippen LogP contribution in [0.15, 0.2) is 21.7 Å². The predicted molar refractivity (Wildman–Crippen MR) is 93.2 cm³/mol. The quantitative estimate of drug-likeness (QED) is 0.833. The molecule has 0 radical (unpaired) electrons. The summed E-state index contributed by atoms with van der Waals surface area (Å²) < 4.78 is 12.7. The number of aromatic nitrogens is 2. The lowest BCUT2D eigenvalue weighted by Crippen LogP contribution is -2.36. The highest BCUT2D eigenvalue weighted by Gasteiger charge is 2.17. The van der Waals surface area contributed by atoms with Gasteiger partial charge in [0.05, 0.1) is 25.2 Å². The first-order valence-corrected chi connectivity index (χ1v) is 8.34. The Morgan fingerprint density at radius 2 is 2.00 bits per heavy atom. The zero-order chi connectivity index (χ0) is 17.1. The topological polar surface area (TPSA) is 76.6 Å². The van der Waals surface area contributed by atoms with E-state index < -0.39 is 5.69 Å². The van der Waals surface area contributed by atoms with E-state index in [0.717, 1.165) is 31.6 Å². The van der Waals surface area contributed by atoms with Crippen molar-refractivity contribution < 1.29 is 9.47 Å². The number of hydrogen-bond donors (Lipinski definition) is 1. The van der Waals surface area contributed by atoms with Crippen molar-refractivity contribution in [1.82, 2.24) is 9.55 Å². The molecule has 7 nitrogen and oxygen atoms in total. The molecule has 3 rings (SSSR count). The number of fused-ring (bicyclic) bond motifs is 1. The number of nitrogens with zero attached hydrogens (tertiary/aromatic N) is 2. The second-order valence-corrected chi connectivity index (χ2v) is 5.96. The second kappa shape index (κ2) is 7.09. The van der Waals surface area contributed by atoms with Crippen LogP contribution in [0.3, 0.4) is 0 Å². The molecule has 1 aromatic carbocycles. The summed E-state index contributed by atoms with van der Waals surface area (Å²) in [6.07, 6.45) is 1.93. The first-order chi connectivity index (χ1) is 11.6. The fourth-order valence-electron chi connectivity index (χ4n) is 2.90. The zero-order valence-electron chi connectivity index (χ0n) is 14.1. The minimum atomic E-state index is -0.438. The largest absolute Gasteiger partial charge is 0.491 e. The Morgan fingerprint density at radius 3 is 2.71 bits per heavy atom. The molecule has 2 heterocycles. The molecule has 0 saturated carbocycles. The number of anilines is 1. The van der Waals surface area contributed by atoms with Gasteiger partial charge in [-0.2, -0.15) is 0 Å². The van der Waals surface area contributed by atoms with Gasteiger partial charge in [-0.1, -0.05) is 13.3 Å². The maximum atomic E-state index is 12.3.